The maximum Gasteiger partial charge on any atom is 0.127 e. The molecule has 4 fully saturated rings. The van der Waals surface area contributed by atoms with Gasteiger partial charge in [-0.2, -0.15) is 5.10 Å². The van der Waals surface area contributed by atoms with E-state index in [2.05, 4.69) is 12.0 Å². The quantitative estimate of drug-likeness (QED) is 0.276. The van der Waals surface area contributed by atoms with E-state index in [4.69, 9.17) is 5.84 Å². The average Bonchev–Trinajstić information content (AvgIpc) is 2.32. The van der Waals surface area contributed by atoms with Crippen LogP contribution in [0.3, 0.4) is 0 Å². The van der Waals surface area contributed by atoms with Crippen molar-refractivity contribution in [1.29, 1.82) is 0 Å². The van der Waals surface area contributed by atoms with Crippen LogP contribution in [0.2, 0.25) is 0 Å². The summed E-state index contributed by atoms with van der Waals surface area (Å²) in [5.41, 5.74) is 1.61. The molecule has 0 aromatic carbocycles. The van der Waals surface area contributed by atoms with E-state index >= 15 is 0 Å². The van der Waals surface area contributed by atoms with Crippen LogP contribution in [0.25, 0.3) is 0 Å². The van der Waals surface area contributed by atoms with Gasteiger partial charge in [0.2, 0.25) is 0 Å². The molecule has 0 amide bonds. The molecule has 78 valence electrons. The summed E-state index contributed by atoms with van der Waals surface area (Å²) in [5.74, 6) is 6.23. The lowest BCUT2D eigenvalue weighted by Gasteiger charge is -2.43. The summed E-state index contributed by atoms with van der Waals surface area (Å²) >= 11 is 0. The Labute approximate surface area is 84.7 Å². The molecule has 2 unspecified atom stereocenters. The normalized spacial score (nSPS) is 53.8. The molecule has 2 atom stereocenters. The van der Waals surface area contributed by atoms with E-state index in [0.717, 1.165) is 0 Å². The molecule has 0 aromatic rings. The van der Waals surface area contributed by atoms with Crippen LogP contribution in [-0.2, 0) is 0 Å². The van der Waals surface area contributed by atoms with Crippen LogP contribution in [0.1, 0.15) is 6.92 Å². The van der Waals surface area contributed by atoms with Crippen LogP contribution < -0.4 is 15.6 Å². The van der Waals surface area contributed by atoms with E-state index in [1.165, 1.54) is 45.0 Å². The van der Waals surface area contributed by atoms with Gasteiger partial charge < -0.3 is 15.6 Å². The number of piperidine rings is 2. The average molecular weight is 196 g/mol. The van der Waals surface area contributed by atoms with Crippen molar-refractivity contribution in [2.24, 2.45) is 22.3 Å². The van der Waals surface area contributed by atoms with Gasteiger partial charge >= 0.3 is 0 Å². The minimum atomic E-state index is 0.303. The van der Waals surface area contributed by atoms with Crippen LogP contribution in [0.15, 0.2) is 5.10 Å². The number of fused-ring (bicyclic) bond motifs is 1. The molecule has 4 aliphatic rings. The Morgan fingerprint density at radius 2 is 1.86 bits per heavy atom. The van der Waals surface area contributed by atoms with Gasteiger partial charge in [-0.3, -0.25) is 0 Å². The first kappa shape index (κ1) is 8.68. The summed E-state index contributed by atoms with van der Waals surface area (Å²) in [6.07, 6.45) is 0. The van der Waals surface area contributed by atoms with E-state index in [9.17, 15) is 0 Å². The lowest BCUT2D eigenvalue weighted by molar-refractivity contribution is -0.918. The molecule has 4 bridgehead atoms. The van der Waals surface area contributed by atoms with Gasteiger partial charge in [-0.1, -0.05) is 0 Å². The number of nitrogens with zero attached hydrogens (tertiary/aromatic N) is 1. The number of hydrogen-bond acceptors (Lipinski definition) is 2. The number of hydrogen-bond donors (Lipinski definition) is 3. The van der Waals surface area contributed by atoms with Gasteiger partial charge in [0.1, 0.15) is 18.5 Å². The van der Waals surface area contributed by atoms with Crippen molar-refractivity contribution in [3.8, 4) is 0 Å². The van der Waals surface area contributed by atoms with Gasteiger partial charge in [-0.05, 0) is 6.92 Å². The lowest BCUT2D eigenvalue weighted by Crippen LogP contribution is -3.16. The highest BCUT2D eigenvalue weighted by Gasteiger charge is 2.54. The zero-order chi connectivity index (χ0) is 9.76. The van der Waals surface area contributed by atoms with E-state index in [1.807, 2.05) is 0 Å². The molecule has 4 saturated heterocycles. The highest BCUT2D eigenvalue weighted by molar-refractivity contribution is 5.93. The second-order valence-corrected chi connectivity index (χ2v) is 5.53. The number of rotatable bonds is 0. The minimum absolute atomic E-state index is 0.303. The Hall–Kier alpha value is -0.610. The Morgan fingerprint density at radius 1 is 1.29 bits per heavy atom. The van der Waals surface area contributed by atoms with Gasteiger partial charge in [0.15, 0.2) is 0 Å². The maximum absolute atomic E-state index is 5.56. The first-order chi connectivity index (χ1) is 6.71. The molecule has 4 nitrogen and oxygen atoms in total. The summed E-state index contributed by atoms with van der Waals surface area (Å²) in [6.45, 7) is 10.1. The van der Waals surface area contributed by atoms with E-state index in [1.54, 1.807) is 9.80 Å². The number of quaternary nitrogens is 2. The molecular weight excluding hydrogens is 176 g/mol. The minimum Gasteiger partial charge on any atom is -0.329 e. The van der Waals surface area contributed by atoms with Crippen molar-refractivity contribution in [2.75, 3.05) is 39.3 Å². The molecule has 0 aromatic heterocycles. The van der Waals surface area contributed by atoms with E-state index in [-0.39, 0.29) is 0 Å². The molecule has 4 rings (SSSR count). The van der Waals surface area contributed by atoms with Gasteiger partial charge in [0.05, 0.1) is 37.8 Å². The van der Waals surface area contributed by atoms with Crippen LogP contribution in [0.4, 0.5) is 0 Å². The maximum atomic E-state index is 5.56. The van der Waals surface area contributed by atoms with Crippen molar-refractivity contribution in [1.82, 2.24) is 0 Å². The van der Waals surface area contributed by atoms with Gasteiger partial charge in [-0.25, -0.2) is 0 Å². The topological polar surface area (TPSA) is 47.3 Å². The third-order valence-corrected chi connectivity index (χ3v) is 4.33. The van der Waals surface area contributed by atoms with Crippen LogP contribution >= 0.6 is 0 Å². The number of nitrogens with one attached hydrogen (secondary N) is 2. The summed E-state index contributed by atoms with van der Waals surface area (Å²) in [4.78, 5) is 3.55. The molecule has 0 saturated carbocycles. The Balaban J connectivity index is 2.03. The summed E-state index contributed by atoms with van der Waals surface area (Å²) in [7, 11) is 0. The molecule has 4 heteroatoms. The van der Waals surface area contributed by atoms with Gasteiger partial charge in [0, 0.05) is 0 Å². The van der Waals surface area contributed by atoms with Crippen LogP contribution in [-0.4, -0.2) is 45.0 Å². The zero-order valence-electron chi connectivity index (χ0n) is 8.84. The summed E-state index contributed by atoms with van der Waals surface area (Å²) < 4.78 is 0. The van der Waals surface area contributed by atoms with Gasteiger partial charge in [0.25, 0.3) is 0 Å². The molecule has 4 N–H and O–H groups in total. The van der Waals surface area contributed by atoms with Crippen molar-refractivity contribution in [2.45, 2.75) is 6.92 Å². The first-order valence-electron chi connectivity index (χ1n) is 5.67. The fraction of sp³-hybridized carbons (Fsp3) is 0.900. The monoisotopic (exact) mass is 196 g/mol. The molecule has 0 spiro atoms. The number of hydrazone groups is 1. The van der Waals surface area contributed by atoms with E-state index < -0.39 is 0 Å². The standard InChI is InChI=1S/C10H18N4/c1-10-6-13-2-3-14(7-10)5-8(4-13)9(10)12-11/h8H,2-7,11H2,1H3/p+2. The highest BCUT2D eigenvalue weighted by Crippen LogP contribution is 2.25. The third kappa shape index (κ3) is 1.04. The second kappa shape index (κ2) is 2.70. The van der Waals surface area contributed by atoms with Crippen molar-refractivity contribution in [3.63, 3.8) is 0 Å². The highest BCUT2D eigenvalue weighted by atomic mass is 15.3. The zero-order valence-corrected chi connectivity index (χ0v) is 8.84. The molecule has 4 heterocycles. The van der Waals surface area contributed by atoms with Crippen LogP contribution in [0.5, 0.6) is 0 Å². The molecule has 4 aliphatic heterocycles. The van der Waals surface area contributed by atoms with E-state index in [0.29, 0.717) is 11.3 Å². The second-order valence-electron chi connectivity index (χ2n) is 5.53. The Bertz CT molecular complexity index is 270. The Kier molecular flexibility index (Phi) is 1.67. The van der Waals surface area contributed by atoms with Gasteiger partial charge in [-0.15, -0.1) is 0 Å². The lowest BCUT2D eigenvalue weighted by atomic mass is 9.72. The smallest absolute Gasteiger partial charge is 0.127 e. The van der Waals surface area contributed by atoms with Crippen molar-refractivity contribution >= 4 is 5.71 Å². The molecular formula is C10H20N4+2. The largest absolute Gasteiger partial charge is 0.329 e. The predicted octanol–water partition coefficient (Wildman–Crippen LogP) is -3.27. The first-order valence-corrected chi connectivity index (χ1v) is 5.67. The van der Waals surface area contributed by atoms with Crippen LogP contribution in [0, 0.1) is 11.3 Å². The van der Waals surface area contributed by atoms with Crippen molar-refractivity contribution in [3.05, 3.63) is 0 Å². The van der Waals surface area contributed by atoms with Crippen molar-refractivity contribution < 1.29 is 9.80 Å². The fourth-order valence-electron chi connectivity index (χ4n) is 3.94. The number of nitrogens with two attached hydrogens (primary N) is 1. The molecule has 0 radical (unpaired) electrons. The summed E-state index contributed by atoms with van der Waals surface area (Å²) in [6, 6.07) is 0. The summed E-state index contributed by atoms with van der Waals surface area (Å²) in [5, 5.41) is 4.09. The Morgan fingerprint density at radius 3 is 2.29 bits per heavy atom. The third-order valence-electron chi connectivity index (χ3n) is 4.33. The SMILES string of the molecule is CC12C[NH+]3CC[NH+](CC(C3)C1=NN)C2. The molecule has 0 aliphatic carbocycles. The predicted molar refractivity (Wildman–Crippen MR) is 54.3 cm³/mol. The fourth-order valence-corrected chi connectivity index (χ4v) is 3.94. The molecule has 14 heavy (non-hydrogen) atoms.